The number of nitrogens with zero attached hydrogens (tertiary/aromatic N) is 1. The SMILES string of the molecule is N#CCC(=O)Nc1cccc(F)c1. The van der Waals surface area contributed by atoms with Crippen molar-refractivity contribution in [3.63, 3.8) is 0 Å². The van der Waals surface area contributed by atoms with Gasteiger partial charge in [0.2, 0.25) is 5.91 Å². The Bertz CT molecular complexity index is 357. The van der Waals surface area contributed by atoms with Gasteiger partial charge >= 0.3 is 0 Å². The summed E-state index contributed by atoms with van der Waals surface area (Å²) in [5.41, 5.74) is 0.361. The maximum atomic E-state index is 12.6. The average molecular weight is 178 g/mol. The normalized spacial score (nSPS) is 8.92. The van der Waals surface area contributed by atoms with Crippen LogP contribution in [0.1, 0.15) is 6.42 Å². The van der Waals surface area contributed by atoms with E-state index in [-0.39, 0.29) is 6.42 Å². The molecule has 0 saturated heterocycles. The van der Waals surface area contributed by atoms with Gasteiger partial charge in [-0.05, 0) is 18.2 Å². The number of anilines is 1. The van der Waals surface area contributed by atoms with Crippen molar-refractivity contribution in [3.05, 3.63) is 30.1 Å². The van der Waals surface area contributed by atoms with Crippen LogP contribution in [0.15, 0.2) is 24.3 Å². The number of nitriles is 1. The van der Waals surface area contributed by atoms with Crippen LogP contribution in [0.2, 0.25) is 0 Å². The molecule has 0 heterocycles. The van der Waals surface area contributed by atoms with Gasteiger partial charge in [-0.2, -0.15) is 5.26 Å². The molecule has 4 heteroatoms. The predicted octanol–water partition coefficient (Wildman–Crippen LogP) is 1.68. The van der Waals surface area contributed by atoms with Crippen LogP contribution in [0.4, 0.5) is 10.1 Å². The van der Waals surface area contributed by atoms with Crippen LogP contribution >= 0.6 is 0 Å². The molecule has 1 N–H and O–H groups in total. The highest BCUT2D eigenvalue weighted by Gasteiger charge is 2.00. The third-order valence-electron chi connectivity index (χ3n) is 1.35. The summed E-state index contributed by atoms with van der Waals surface area (Å²) < 4.78 is 12.6. The first kappa shape index (κ1) is 9.20. The number of nitrogens with one attached hydrogen (secondary N) is 1. The lowest BCUT2D eigenvalue weighted by molar-refractivity contribution is -0.115. The van der Waals surface area contributed by atoms with Crippen LogP contribution in [0.3, 0.4) is 0 Å². The first-order valence-electron chi connectivity index (χ1n) is 3.65. The summed E-state index contributed by atoms with van der Waals surface area (Å²) in [5, 5.41) is 10.6. The maximum absolute atomic E-state index is 12.6. The third-order valence-corrected chi connectivity index (χ3v) is 1.35. The van der Waals surface area contributed by atoms with Gasteiger partial charge in [-0.1, -0.05) is 6.07 Å². The summed E-state index contributed by atoms with van der Waals surface area (Å²) in [4.78, 5) is 10.9. The van der Waals surface area contributed by atoms with E-state index in [1.165, 1.54) is 18.2 Å². The molecule has 3 nitrogen and oxygen atoms in total. The Morgan fingerprint density at radius 1 is 1.62 bits per heavy atom. The molecule has 0 saturated carbocycles. The lowest BCUT2D eigenvalue weighted by Crippen LogP contribution is -2.09. The fourth-order valence-electron chi connectivity index (χ4n) is 0.843. The van der Waals surface area contributed by atoms with E-state index in [0.717, 1.165) is 0 Å². The number of carbonyl (C=O) groups excluding carboxylic acids is 1. The van der Waals surface area contributed by atoms with E-state index in [1.54, 1.807) is 12.1 Å². The standard InChI is InChI=1S/C9H7FN2O/c10-7-2-1-3-8(6-7)12-9(13)4-5-11/h1-3,6H,4H2,(H,12,13). The van der Waals surface area contributed by atoms with Crippen LogP contribution in [-0.2, 0) is 4.79 Å². The zero-order valence-corrected chi connectivity index (χ0v) is 6.75. The molecule has 66 valence electrons. The van der Waals surface area contributed by atoms with Crippen LogP contribution in [0.25, 0.3) is 0 Å². The van der Waals surface area contributed by atoms with Gasteiger partial charge in [0.25, 0.3) is 0 Å². The van der Waals surface area contributed by atoms with Crippen molar-refractivity contribution in [2.75, 3.05) is 5.32 Å². The number of carbonyl (C=O) groups is 1. The Morgan fingerprint density at radius 3 is 3.00 bits per heavy atom. The molecule has 0 fully saturated rings. The molecule has 0 aromatic heterocycles. The van der Waals surface area contributed by atoms with Gasteiger partial charge in [-0.25, -0.2) is 4.39 Å². The van der Waals surface area contributed by atoms with E-state index in [0.29, 0.717) is 5.69 Å². The molecule has 1 aromatic rings. The van der Waals surface area contributed by atoms with E-state index in [4.69, 9.17) is 5.26 Å². The number of rotatable bonds is 2. The summed E-state index contributed by atoms with van der Waals surface area (Å²) in [6, 6.07) is 7.20. The van der Waals surface area contributed by atoms with Gasteiger partial charge in [0.1, 0.15) is 12.2 Å². The van der Waals surface area contributed by atoms with Gasteiger partial charge in [0.15, 0.2) is 0 Å². The second kappa shape index (κ2) is 4.21. The Labute approximate surface area is 74.8 Å². The van der Waals surface area contributed by atoms with Crippen molar-refractivity contribution in [3.8, 4) is 6.07 Å². The fourth-order valence-corrected chi connectivity index (χ4v) is 0.843. The van der Waals surface area contributed by atoms with Crippen molar-refractivity contribution in [2.45, 2.75) is 6.42 Å². The second-order valence-corrected chi connectivity index (χ2v) is 2.39. The minimum absolute atomic E-state index is 0.226. The van der Waals surface area contributed by atoms with Gasteiger partial charge in [-0.3, -0.25) is 4.79 Å². The number of amides is 1. The summed E-state index contributed by atoms with van der Waals surface area (Å²) in [6.45, 7) is 0. The monoisotopic (exact) mass is 178 g/mol. The maximum Gasteiger partial charge on any atom is 0.238 e. The van der Waals surface area contributed by atoms with Crippen LogP contribution in [0, 0.1) is 17.1 Å². The molecular formula is C9H7FN2O. The molecule has 0 aliphatic heterocycles. The molecular weight excluding hydrogens is 171 g/mol. The molecule has 0 aliphatic carbocycles. The summed E-state index contributed by atoms with van der Waals surface area (Å²) in [5.74, 6) is -0.858. The van der Waals surface area contributed by atoms with Crippen molar-refractivity contribution in [2.24, 2.45) is 0 Å². The molecule has 1 rings (SSSR count). The first-order valence-corrected chi connectivity index (χ1v) is 3.65. The number of benzene rings is 1. The minimum Gasteiger partial charge on any atom is -0.325 e. The van der Waals surface area contributed by atoms with Crippen LogP contribution in [-0.4, -0.2) is 5.91 Å². The predicted molar refractivity (Wildman–Crippen MR) is 45.3 cm³/mol. The summed E-state index contributed by atoms with van der Waals surface area (Å²) >= 11 is 0. The lowest BCUT2D eigenvalue weighted by Gasteiger charge is -2.01. The number of hydrogen-bond donors (Lipinski definition) is 1. The highest BCUT2D eigenvalue weighted by molar-refractivity contribution is 5.91. The van der Waals surface area contributed by atoms with Crippen LogP contribution in [0.5, 0.6) is 0 Å². The highest BCUT2D eigenvalue weighted by atomic mass is 19.1. The van der Waals surface area contributed by atoms with Crippen molar-refractivity contribution >= 4 is 11.6 Å². The van der Waals surface area contributed by atoms with Crippen LogP contribution < -0.4 is 5.32 Å². The molecule has 0 spiro atoms. The molecule has 1 aromatic carbocycles. The van der Waals surface area contributed by atoms with Gasteiger partial charge < -0.3 is 5.32 Å². The van der Waals surface area contributed by atoms with E-state index in [9.17, 15) is 9.18 Å². The van der Waals surface area contributed by atoms with E-state index in [1.807, 2.05) is 0 Å². The van der Waals surface area contributed by atoms with E-state index < -0.39 is 11.7 Å². The zero-order valence-electron chi connectivity index (χ0n) is 6.75. The van der Waals surface area contributed by atoms with E-state index in [2.05, 4.69) is 5.32 Å². The second-order valence-electron chi connectivity index (χ2n) is 2.39. The van der Waals surface area contributed by atoms with E-state index >= 15 is 0 Å². The Hall–Kier alpha value is -1.89. The highest BCUT2D eigenvalue weighted by Crippen LogP contribution is 2.08. The van der Waals surface area contributed by atoms with Gasteiger partial charge in [-0.15, -0.1) is 0 Å². The molecule has 0 bridgehead atoms. The summed E-state index contributed by atoms with van der Waals surface area (Å²) in [7, 11) is 0. The van der Waals surface area contributed by atoms with Crippen molar-refractivity contribution < 1.29 is 9.18 Å². The number of halogens is 1. The van der Waals surface area contributed by atoms with Gasteiger partial charge in [0, 0.05) is 5.69 Å². The smallest absolute Gasteiger partial charge is 0.238 e. The van der Waals surface area contributed by atoms with Gasteiger partial charge in [0.05, 0.1) is 6.07 Å². The number of hydrogen-bond acceptors (Lipinski definition) is 2. The lowest BCUT2D eigenvalue weighted by atomic mass is 10.3. The fraction of sp³-hybridized carbons (Fsp3) is 0.111. The Kier molecular flexibility index (Phi) is 2.98. The molecule has 1 amide bonds. The summed E-state index contributed by atoms with van der Waals surface area (Å²) in [6.07, 6.45) is -0.226. The zero-order chi connectivity index (χ0) is 9.68. The molecule has 13 heavy (non-hydrogen) atoms. The Balaban J connectivity index is 2.65. The molecule has 0 unspecified atom stereocenters. The largest absolute Gasteiger partial charge is 0.325 e. The minimum atomic E-state index is -0.437. The molecule has 0 radical (unpaired) electrons. The van der Waals surface area contributed by atoms with Crippen molar-refractivity contribution in [1.29, 1.82) is 5.26 Å². The third kappa shape index (κ3) is 2.91. The Morgan fingerprint density at radius 2 is 2.38 bits per heavy atom. The quantitative estimate of drug-likeness (QED) is 0.748. The molecule has 0 atom stereocenters. The van der Waals surface area contributed by atoms with Crippen molar-refractivity contribution in [1.82, 2.24) is 0 Å². The topological polar surface area (TPSA) is 52.9 Å². The average Bonchev–Trinajstić information content (AvgIpc) is 2.04. The molecule has 0 aliphatic rings. The first-order chi connectivity index (χ1) is 6.22.